The van der Waals surface area contributed by atoms with Gasteiger partial charge in [-0.05, 0) is 17.4 Å². The molecule has 1 saturated heterocycles. The molecular weight excluding hydrogens is 288 g/mol. The highest BCUT2D eigenvalue weighted by Crippen LogP contribution is 2.25. The number of nitrogens with zero attached hydrogens (tertiary/aromatic N) is 1. The van der Waals surface area contributed by atoms with Gasteiger partial charge in [0.05, 0.1) is 6.04 Å². The Kier molecular flexibility index (Phi) is 5.12. The zero-order valence-corrected chi connectivity index (χ0v) is 13.1. The fraction of sp³-hybridized carbons (Fsp3) is 0.533. The number of hydrogen-bond acceptors (Lipinski definition) is 4. The van der Waals surface area contributed by atoms with Gasteiger partial charge in [-0.15, -0.1) is 11.3 Å². The molecule has 1 unspecified atom stereocenters. The molecular formula is C15H20N2O3S. The van der Waals surface area contributed by atoms with Gasteiger partial charge in [-0.2, -0.15) is 0 Å². The Hall–Kier alpha value is -1.69. The Morgan fingerprint density at radius 2 is 2.00 bits per heavy atom. The summed E-state index contributed by atoms with van der Waals surface area (Å²) in [6, 6.07) is 3.94. The molecule has 1 aromatic rings. The Morgan fingerprint density at radius 1 is 1.33 bits per heavy atom. The molecule has 5 nitrogen and oxygen atoms in total. The summed E-state index contributed by atoms with van der Waals surface area (Å²) in [5.74, 6) is -0.199. The van der Waals surface area contributed by atoms with Gasteiger partial charge in [0.15, 0.2) is 0 Å². The maximum Gasteiger partial charge on any atom is 0.229 e. The number of nitrogens with one attached hydrogen (secondary N) is 1. The van der Waals surface area contributed by atoms with E-state index in [4.69, 9.17) is 0 Å². The first-order valence-corrected chi connectivity index (χ1v) is 8.03. The Morgan fingerprint density at radius 3 is 2.52 bits per heavy atom. The fourth-order valence-electron chi connectivity index (χ4n) is 2.37. The molecule has 1 atom stereocenters. The van der Waals surface area contributed by atoms with Crippen molar-refractivity contribution in [3.8, 4) is 0 Å². The minimum atomic E-state index is -0.175. The van der Waals surface area contributed by atoms with E-state index in [0.29, 0.717) is 0 Å². The first-order chi connectivity index (χ1) is 9.99. The molecule has 2 rings (SSSR count). The van der Waals surface area contributed by atoms with Gasteiger partial charge in [0.25, 0.3) is 0 Å². The number of imide groups is 1. The molecule has 3 amide bonds. The van der Waals surface area contributed by atoms with Crippen molar-refractivity contribution in [2.75, 3.05) is 6.54 Å². The number of amides is 3. The summed E-state index contributed by atoms with van der Waals surface area (Å²) in [7, 11) is 0. The topological polar surface area (TPSA) is 66.5 Å². The monoisotopic (exact) mass is 308 g/mol. The summed E-state index contributed by atoms with van der Waals surface area (Å²) in [5.41, 5.74) is 0. The summed E-state index contributed by atoms with van der Waals surface area (Å²) < 4.78 is 0. The molecule has 114 valence electrons. The van der Waals surface area contributed by atoms with E-state index < -0.39 is 0 Å². The highest BCUT2D eigenvalue weighted by atomic mass is 32.1. The van der Waals surface area contributed by atoms with Gasteiger partial charge in [0.2, 0.25) is 17.7 Å². The quantitative estimate of drug-likeness (QED) is 0.818. The maximum atomic E-state index is 12.1. The molecule has 0 spiro atoms. The van der Waals surface area contributed by atoms with Crippen LogP contribution in [0.15, 0.2) is 17.5 Å². The number of carbonyl (C=O) groups excluding carboxylic acids is 3. The van der Waals surface area contributed by atoms with Crippen LogP contribution < -0.4 is 5.32 Å². The molecule has 1 N–H and O–H groups in total. The van der Waals surface area contributed by atoms with Crippen molar-refractivity contribution in [2.45, 2.75) is 39.2 Å². The Labute approximate surface area is 128 Å². The van der Waals surface area contributed by atoms with Crippen molar-refractivity contribution in [1.29, 1.82) is 0 Å². The van der Waals surface area contributed by atoms with Crippen molar-refractivity contribution in [3.63, 3.8) is 0 Å². The molecule has 21 heavy (non-hydrogen) atoms. The Bertz CT molecular complexity index is 509. The lowest BCUT2D eigenvalue weighted by molar-refractivity contribution is -0.138. The van der Waals surface area contributed by atoms with Gasteiger partial charge in [-0.3, -0.25) is 19.3 Å². The van der Waals surface area contributed by atoms with E-state index in [1.54, 1.807) is 11.3 Å². The first kappa shape index (κ1) is 15.7. The zero-order valence-electron chi connectivity index (χ0n) is 12.3. The van der Waals surface area contributed by atoms with Gasteiger partial charge in [-0.25, -0.2) is 0 Å². The number of hydrogen-bond donors (Lipinski definition) is 1. The summed E-state index contributed by atoms with van der Waals surface area (Å²) in [5, 5.41) is 4.98. The van der Waals surface area contributed by atoms with Crippen LogP contribution in [0.25, 0.3) is 0 Å². The normalized spacial score (nSPS) is 16.6. The number of rotatable bonds is 6. The molecule has 0 bridgehead atoms. The fourth-order valence-corrected chi connectivity index (χ4v) is 3.31. The van der Waals surface area contributed by atoms with Crippen LogP contribution in [0, 0.1) is 5.92 Å². The second kappa shape index (κ2) is 6.85. The Balaban J connectivity index is 1.88. The largest absolute Gasteiger partial charge is 0.348 e. The van der Waals surface area contributed by atoms with Crippen LogP contribution in [0.5, 0.6) is 0 Å². The average Bonchev–Trinajstić information content (AvgIpc) is 3.05. The number of carbonyl (C=O) groups is 3. The molecule has 1 aliphatic rings. The van der Waals surface area contributed by atoms with E-state index in [-0.39, 0.29) is 55.5 Å². The van der Waals surface area contributed by atoms with Crippen molar-refractivity contribution >= 4 is 29.1 Å². The van der Waals surface area contributed by atoms with Crippen LogP contribution in [0.3, 0.4) is 0 Å². The molecule has 1 aromatic heterocycles. The lowest BCUT2D eigenvalue weighted by Gasteiger charge is -2.22. The third kappa shape index (κ3) is 3.91. The maximum absolute atomic E-state index is 12.1. The van der Waals surface area contributed by atoms with Gasteiger partial charge >= 0.3 is 0 Å². The van der Waals surface area contributed by atoms with Gasteiger partial charge in [-0.1, -0.05) is 19.9 Å². The minimum absolute atomic E-state index is 0.0255. The van der Waals surface area contributed by atoms with Crippen molar-refractivity contribution < 1.29 is 14.4 Å². The van der Waals surface area contributed by atoms with Gasteiger partial charge in [0.1, 0.15) is 0 Å². The van der Waals surface area contributed by atoms with Crippen LogP contribution in [0.4, 0.5) is 0 Å². The van der Waals surface area contributed by atoms with Crippen LogP contribution in [0.1, 0.15) is 44.0 Å². The number of thiophene rings is 1. The zero-order chi connectivity index (χ0) is 15.4. The summed E-state index contributed by atoms with van der Waals surface area (Å²) >= 11 is 1.61. The summed E-state index contributed by atoms with van der Waals surface area (Å²) in [4.78, 5) is 37.4. The lowest BCUT2D eigenvalue weighted by atomic mass is 10.0. The van der Waals surface area contributed by atoms with Crippen molar-refractivity contribution in [2.24, 2.45) is 5.92 Å². The third-order valence-electron chi connectivity index (χ3n) is 3.55. The van der Waals surface area contributed by atoms with E-state index in [0.717, 1.165) is 4.88 Å². The summed E-state index contributed by atoms with van der Waals surface area (Å²) in [6.45, 7) is 4.29. The minimum Gasteiger partial charge on any atom is -0.348 e. The highest BCUT2D eigenvalue weighted by Gasteiger charge is 2.29. The van der Waals surface area contributed by atoms with Gasteiger partial charge < -0.3 is 5.32 Å². The van der Waals surface area contributed by atoms with E-state index in [9.17, 15) is 14.4 Å². The molecule has 0 aromatic carbocycles. The first-order valence-electron chi connectivity index (χ1n) is 7.15. The van der Waals surface area contributed by atoms with E-state index in [2.05, 4.69) is 19.2 Å². The SMILES string of the molecule is CC(C)C(NC(=O)CCN1C(=O)CCC1=O)c1cccs1. The molecule has 6 heteroatoms. The predicted molar refractivity (Wildman–Crippen MR) is 80.6 cm³/mol. The van der Waals surface area contributed by atoms with E-state index >= 15 is 0 Å². The molecule has 0 radical (unpaired) electrons. The summed E-state index contributed by atoms with van der Waals surface area (Å²) in [6.07, 6.45) is 0.695. The third-order valence-corrected chi connectivity index (χ3v) is 4.51. The smallest absolute Gasteiger partial charge is 0.229 e. The van der Waals surface area contributed by atoms with Gasteiger partial charge in [0, 0.05) is 30.7 Å². The van der Waals surface area contributed by atoms with Crippen LogP contribution in [-0.2, 0) is 14.4 Å². The lowest BCUT2D eigenvalue weighted by Crippen LogP contribution is -2.36. The molecule has 0 aliphatic carbocycles. The van der Waals surface area contributed by atoms with Crippen molar-refractivity contribution in [1.82, 2.24) is 10.2 Å². The predicted octanol–water partition coefficient (Wildman–Crippen LogP) is 2.10. The van der Waals surface area contributed by atoms with Crippen LogP contribution >= 0.6 is 11.3 Å². The highest BCUT2D eigenvalue weighted by molar-refractivity contribution is 7.10. The van der Waals surface area contributed by atoms with Crippen LogP contribution in [-0.4, -0.2) is 29.2 Å². The molecule has 1 aliphatic heterocycles. The molecule has 2 heterocycles. The molecule has 0 saturated carbocycles. The van der Waals surface area contributed by atoms with Crippen LogP contribution in [0.2, 0.25) is 0 Å². The average molecular weight is 308 g/mol. The van der Waals surface area contributed by atoms with E-state index in [1.165, 1.54) is 4.90 Å². The number of likely N-dealkylation sites (tertiary alicyclic amines) is 1. The van der Waals surface area contributed by atoms with Crippen molar-refractivity contribution in [3.05, 3.63) is 22.4 Å². The standard InChI is InChI=1S/C15H20N2O3S/c1-10(2)15(11-4-3-9-21-11)16-12(18)7-8-17-13(19)5-6-14(17)20/h3-4,9-10,15H,5-8H2,1-2H3,(H,16,18). The second-order valence-corrected chi connectivity index (χ2v) is 6.47. The second-order valence-electron chi connectivity index (χ2n) is 5.49. The molecule has 1 fully saturated rings. The van der Waals surface area contributed by atoms with E-state index in [1.807, 2.05) is 17.5 Å².